The molecule has 0 spiro atoms. The maximum absolute atomic E-state index is 12.8. The highest BCUT2D eigenvalue weighted by atomic mass is 32.2. The van der Waals surface area contributed by atoms with Gasteiger partial charge in [0.15, 0.2) is 0 Å². The molecular weight excluding hydrogens is 350 g/mol. The first-order chi connectivity index (χ1) is 12.5. The maximum atomic E-state index is 12.8. The van der Waals surface area contributed by atoms with Gasteiger partial charge in [-0.15, -0.1) is 0 Å². The Balaban J connectivity index is 1.54. The zero-order valence-corrected chi connectivity index (χ0v) is 16.2. The fourth-order valence-corrected chi connectivity index (χ4v) is 4.52. The lowest BCUT2D eigenvalue weighted by atomic mass is 9.88. The highest BCUT2D eigenvalue weighted by molar-refractivity contribution is 7.80. The molecule has 1 unspecified atom stereocenters. The van der Waals surface area contributed by atoms with Crippen molar-refractivity contribution in [2.45, 2.75) is 45.1 Å². The zero-order valence-electron chi connectivity index (χ0n) is 15.4. The van der Waals surface area contributed by atoms with Crippen LogP contribution in [0.3, 0.4) is 0 Å². The average molecular weight is 380 g/mol. The number of nitrogens with zero attached hydrogens (tertiary/aromatic N) is 2. The number of anilines is 1. The van der Waals surface area contributed by atoms with Crippen molar-refractivity contribution in [1.29, 1.82) is 0 Å². The predicted molar refractivity (Wildman–Crippen MR) is 104 cm³/mol. The van der Waals surface area contributed by atoms with E-state index in [2.05, 4.69) is 16.5 Å². The van der Waals surface area contributed by atoms with E-state index in [-0.39, 0.29) is 11.9 Å². The summed E-state index contributed by atoms with van der Waals surface area (Å²) in [5, 5.41) is 0. The van der Waals surface area contributed by atoms with E-state index in [1.807, 2.05) is 4.90 Å². The molecule has 144 valence electrons. The number of carbonyl (C=O) groups is 1. The molecule has 1 heterocycles. The minimum absolute atomic E-state index is 0.0338. The molecule has 26 heavy (non-hydrogen) atoms. The van der Waals surface area contributed by atoms with Crippen LogP contribution in [-0.4, -0.2) is 56.7 Å². The Morgan fingerprint density at radius 1 is 1.19 bits per heavy atom. The second kappa shape index (κ2) is 8.97. The van der Waals surface area contributed by atoms with Crippen molar-refractivity contribution in [3.05, 3.63) is 29.8 Å². The van der Waals surface area contributed by atoms with Gasteiger partial charge in [0.05, 0.1) is 0 Å². The summed E-state index contributed by atoms with van der Waals surface area (Å²) in [7, 11) is 0. The Morgan fingerprint density at radius 3 is 2.50 bits per heavy atom. The van der Waals surface area contributed by atoms with Crippen LogP contribution >= 0.6 is 0 Å². The van der Waals surface area contributed by atoms with Crippen LogP contribution in [0, 0.1) is 5.92 Å². The van der Waals surface area contributed by atoms with Crippen LogP contribution in [-0.2, 0) is 11.3 Å². The summed E-state index contributed by atoms with van der Waals surface area (Å²) in [4.78, 5) is 17.3. The smallest absolute Gasteiger partial charge is 0.259 e. The summed E-state index contributed by atoms with van der Waals surface area (Å²) in [6.45, 7) is 5.93. The molecule has 3 rings (SSSR count). The number of hydrogen-bond acceptors (Lipinski definition) is 3. The van der Waals surface area contributed by atoms with Crippen molar-refractivity contribution in [3.63, 3.8) is 0 Å². The van der Waals surface area contributed by atoms with Crippen molar-refractivity contribution >= 4 is 22.9 Å². The third-order valence-electron chi connectivity index (χ3n) is 5.55. The van der Waals surface area contributed by atoms with Crippen LogP contribution in [0.5, 0.6) is 0 Å². The minimum Gasteiger partial charge on any atom is -0.333 e. The molecule has 2 atom stereocenters. The van der Waals surface area contributed by atoms with Crippen LogP contribution in [0.4, 0.5) is 5.69 Å². The van der Waals surface area contributed by atoms with Crippen LogP contribution in [0.2, 0.25) is 0 Å². The first kappa shape index (κ1) is 19.3. The molecule has 0 radical (unpaired) electrons. The number of benzene rings is 1. The number of hydrogen-bond donors (Lipinski definition) is 2. The van der Waals surface area contributed by atoms with E-state index in [4.69, 9.17) is 4.55 Å². The number of carbonyl (C=O) groups excluding carboxylic acids is 1. The van der Waals surface area contributed by atoms with Crippen molar-refractivity contribution in [2.75, 3.05) is 30.9 Å². The van der Waals surface area contributed by atoms with E-state index in [1.165, 1.54) is 38.6 Å². The van der Waals surface area contributed by atoms with Crippen LogP contribution in [0.1, 0.15) is 49.4 Å². The Hall–Kier alpha value is -1.44. The summed E-state index contributed by atoms with van der Waals surface area (Å²) < 4.78 is 22.0. The van der Waals surface area contributed by atoms with Gasteiger partial charge in [0.25, 0.3) is 17.2 Å². The Kier molecular flexibility index (Phi) is 6.67. The van der Waals surface area contributed by atoms with Crippen LogP contribution in [0.25, 0.3) is 0 Å². The zero-order chi connectivity index (χ0) is 18.5. The molecule has 1 aliphatic heterocycles. The molecule has 1 saturated heterocycles. The van der Waals surface area contributed by atoms with E-state index < -0.39 is 11.3 Å². The number of amides is 1. The lowest BCUT2D eigenvalue weighted by Gasteiger charge is -2.41. The predicted octanol–water partition coefficient (Wildman–Crippen LogP) is 2.96. The van der Waals surface area contributed by atoms with Crippen molar-refractivity contribution in [3.8, 4) is 0 Å². The second-order valence-corrected chi connectivity index (χ2v) is 8.24. The molecule has 2 aliphatic rings. The monoisotopic (exact) mass is 379 g/mol. The van der Waals surface area contributed by atoms with Crippen LogP contribution < -0.4 is 4.72 Å². The lowest BCUT2D eigenvalue weighted by Crippen LogP contribution is -2.54. The van der Waals surface area contributed by atoms with E-state index >= 15 is 0 Å². The van der Waals surface area contributed by atoms with Gasteiger partial charge in [0, 0.05) is 43.5 Å². The molecule has 1 saturated carbocycles. The van der Waals surface area contributed by atoms with Gasteiger partial charge in [-0.3, -0.25) is 19.0 Å². The first-order valence-electron chi connectivity index (χ1n) is 9.54. The Labute approximate surface area is 158 Å². The van der Waals surface area contributed by atoms with Gasteiger partial charge < -0.3 is 4.90 Å². The third kappa shape index (κ3) is 5.05. The van der Waals surface area contributed by atoms with Crippen molar-refractivity contribution < 1.29 is 13.6 Å². The van der Waals surface area contributed by atoms with Gasteiger partial charge in [-0.05, 0) is 49.9 Å². The molecule has 7 heteroatoms. The average Bonchev–Trinajstić information content (AvgIpc) is 2.62. The molecule has 6 nitrogen and oxygen atoms in total. The summed E-state index contributed by atoms with van der Waals surface area (Å²) in [6, 6.07) is 6.93. The third-order valence-corrected chi connectivity index (χ3v) is 5.96. The summed E-state index contributed by atoms with van der Waals surface area (Å²) >= 11 is -2.10. The quantitative estimate of drug-likeness (QED) is 0.772. The van der Waals surface area contributed by atoms with Crippen molar-refractivity contribution in [2.24, 2.45) is 5.92 Å². The van der Waals surface area contributed by atoms with E-state index in [1.54, 1.807) is 24.3 Å². The first-order valence-corrected chi connectivity index (χ1v) is 10.6. The molecule has 0 bridgehead atoms. The fourth-order valence-electron chi connectivity index (χ4n) is 4.18. The highest BCUT2D eigenvalue weighted by Gasteiger charge is 2.29. The second-order valence-electron chi connectivity index (χ2n) is 7.54. The maximum Gasteiger partial charge on any atom is 0.259 e. The fraction of sp³-hybridized carbons (Fsp3) is 0.632. The van der Waals surface area contributed by atoms with E-state index in [0.29, 0.717) is 11.3 Å². The molecular formula is C19H29N3O3S. The molecule has 2 fully saturated rings. The number of nitrogens with one attached hydrogen (secondary N) is 1. The Bertz CT molecular complexity index is 631. The molecule has 1 aromatic carbocycles. The minimum atomic E-state index is -2.10. The van der Waals surface area contributed by atoms with E-state index in [9.17, 15) is 9.00 Å². The molecule has 1 amide bonds. The van der Waals surface area contributed by atoms with Gasteiger partial charge in [0.1, 0.15) is 0 Å². The highest BCUT2D eigenvalue weighted by Crippen LogP contribution is 2.25. The molecule has 1 aromatic rings. The van der Waals surface area contributed by atoms with Gasteiger partial charge in [-0.1, -0.05) is 19.3 Å². The van der Waals surface area contributed by atoms with Gasteiger partial charge in [-0.2, -0.15) is 0 Å². The van der Waals surface area contributed by atoms with Crippen molar-refractivity contribution in [1.82, 2.24) is 9.80 Å². The standard InChI is InChI=1S/C19H29N3O3S/c1-15-13-21(14-16-5-3-2-4-6-16)11-12-22(15)19(23)17-7-9-18(10-8-17)20-26(24)25/h7-10,15-16,20H,2-6,11-14H2,1H3,(H,24,25)/t15-/m1/s1. The van der Waals surface area contributed by atoms with Crippen LogP contribution in [0.15, 0.2) is 24.3 Å². The SMILES string of the molecule is C[C@@H]1CN(CC2CCCCC2)CCN1C(=O)c1ccc(NS(=O)O)cc1. The van der Waals surface area contributed by atoms with Gasteiger partial charge in [-0.25, -0.2) is 4.21 Å². The van der Waals surface area contributed by atoms with Gasteiger partial charge in [0.2, 0.25) is 0 Å². The number of piperazine rings is 1. The summed E-state index contributed by atoms with van der Waals surface area (Å²) in [6.07, 6.45) is 6.83. The largest absolute Gasteiger partial charge is 0.333 e. The lowest BCUT2D eigenvalue weighted by molar-refractivity contribution is 0.0444. The number of rotatable bonds is 5. The van der Waals surface area contributed by atoms with Gasteiger partial charge >= 0.3 is 0 Å². The normalized spacial score (nSPS) is 23.6. The summed E-state index contributed by atoms with van der Waals surface area (Å²) in [5.74, 6) is 0.863. The topological polar surface area (TPSA) is 72.9 Å². The molecule has 0 aromatic heterocycles. The van der Waals surface area contributed by atoms with E-state index in [0.717, 1.165) is 25.6 Å². The molecule has 2 N–H and O–H groups in total. The molecule has 1 aliphatic carbocycles. The summed E-state index contributed by atoms with van der Waals surface area (Å²) in [5.41, 5.74) is 1.14. The Morgan fingerprint density at radius 2 is 1.88 bits per heavy atom.